The van der Waals surface area contributed by atoms with Crippen molar-refractivity contribution in [2.45, 2.75) is 38.8 Å². The van der Waals surface area contributed by atoms with Gasteiger partial charge in [-0.25, -0.2) is 4.98 Å². The number of ether oxygens (including phenoxy) is 1. The Bertz CT molecular complexity index is 888. The molecule has 0 saturated carbocycles. The predicted octanol–water partition coefficient (Wildman–Crippen LogP) is 4.87. The summed E-state index contributed by atoms with van der Waals surface area (Å²) in [6.07, 6.45) is 3.50. The van der Waals surface area contributed by atoms with Crippen molar-refractivity contribution in [3.63, 3.8) is 0 Å². The van der Waals surface area contributed by atoms with Crippen molar-refractivity contribution >= 4 is 0 Å². The molecule has 1 fully saturated rings. The quantitative estimate of drug-likeness (QED) is 0.627. The smallest absolute Gasteiger partial charge is 0.226 e. The molecule has 0 spiro atoms. The van der Waals surface area contributed by atoms with Gasteiger partial charge in [0.2, 0.25) is 5.89 Å². The highest BCUT2D eigenvalue weighted by Crippen LogP contribution is 2.27. The van der Waals surface area contributed by atoms with Crippen molar-refractivity contribution < 1.29 is 9.15 Å². The van der Waals surface area contributed by atoms with Gasteiger partial charge in [-0.3, -0.25) is 4.90 Å². The molecule has 27 heavy (non-hydrogen) atoms. The molecule has 4 nitrogen and oxygen atoms in total. The lowest BCUT2D eigenvalue weighted by Gasteiger charge is -2.24. The summed E-state index contributed by atoms with van der Waals surface area (Å²) in [5.41, 5.74) is 3.40. The SMILES string of the molecule is COc1cccc(C[C@H]2CCCN2Cc2nc(-c3ccccc3)oc2C)c1. The number of likely N-dealkylation sites (tertiary alicyclic amines) is 1. The average Bonchev–Trinajstić information content (AvgIpc) is 3.29. The minimum atomic E-state index is 0.536. The second kappa shape index (κ2) is 7.97. The molecule has 4 rings (SSSR count). The van der Waals surface area contributed by atoms with Crippen LogP contribution in [0.2, 0.25) is 0 Å². The molecule has 0 aliphatic carbocycles. The van der Waals surface area contributed by atoms with Gasteiger partial charge in [0.15, 0.2) is 0 Å². The van der Waals surface area contributed by atoms with E-state index in [1.807, 2.05) is 43.3 Å². The van der Waals surface area contributed by atoms with Crippen LogP contribution >= 0.6 is 0 Å². The molecule has 4 heteroatoms. The molecule has 0 bridgehead atoms. The Kier molecular flexibility index (Phi) is 5.26. The van der Waals surface area contributed by atoms with Crippen LogP contribution in [0.3, 0.4) is 0 Å². The van der Waals surface area contributed by atoms with Crippen LogP contribution in [-0.4, -0.2) is 29.6 Å². The highest BCUT2D eigenvalue weighted by atomic mass is 16.5. The third-order valence-electron chi connectivity index (χ3n) is 5.37. The Morgan fingerprint density at radius 3 is 2.81 bits per heavy atom. The van der Waals surface area contributed by atoms with E-state index in [0.717, 1.165) is 42.3 Å². The van der Waals surface area contributed by atoms with Gasteiger partial charge >= 0.3 is 0 Å². The summed E-state index contributed by atoms with van der Waals surface area (Å²) in [6, 6.07) is 19.0. The van der Waals surface area contributed by atoms with Crippen molar-refractivity contribution in [3.05, 3.63) is 71.6 Å². The fourth-order valence-corrected chi connectivity index (χ4v) is 3.88. The van der Waals surface area contributed by atoms with Gasteiger partial charge in [0.1, 0.15) is 11.5 Å². The van der Waals surface area contributed by atoms with Gasteiger partial charge in [0.05, 0.1) is 12.8 Å². The molecule has 0 N–H and O–H groups in total. The molecule has 2 heterocycles. The lowest BCUT2D eigenvalue weighted by Crippen LogP contribution is -2.31. The maximum absolute atomic E-state index is 5.94. The van der Waals surface area contributed by atoms with E-state index >= 15 is 0 Å². The van der Waals surface area contributed by atoms with E-state index in [9.17, 15) is 0 Å². The van der Waals surface area contributed by atoms with Crippen LogP contribution in [0.1, 0.15) is 29.9 Å². The first-order valence-corrected chi connectivity index (χ1v) is 9.61. The second-order valence-electron chi connectivity index (χ2n) is 7.21. The Morgan fingerprint density at radius 2 is 2.00 bits per heavy atom. The predicted molar refractivity (Wildman–Crippen MR) is 107 cm³/mol. The number of hydrogen-bond acceptors (Lipinski definition) is 4. The molecule has 1 aromatic heterocycles. The molecule has 0 amide bonds. The minimum Gasteiger partial charge on any atom is -0.497 e. The topological polar surface area (TPSA) is 38.5 Å². The van der Waals surface area contributed by atoms with Gasteiger partial charge in [-0.05, 0) is 62.6 Å². The summed E-state index contributed by atoms with van der Waals surface area (Å²) in [5.74, 6) is 2.56. The van der Waals surface area contributed by atoms with E-state index in [-0.39, 0.29) is 0 Å². The Labute approximate surface area is 160 Å². The first-order valence-electron chi connectivity index (χ1n) is 9.61. The van der Waals surface area contributed by atoms with E-state index in [2.05, 4.69) is 23.1 Å². The van der Waals surface area contributed by atoms with Crippen molar-refractivity contribution in [1.29, 1.82) is 0 Å². The van der Waals surface area contributed by atoms with Crippen molar-refractivity contribution in [2.24, 2.45) is 0 Å². The number of aryl methyl sites for hydroxylation is 1. The number of aromatic nitrogens is 1. The zero-order valence-electron chi connectivity index (χ0n) is 16.0. The number of oxazole rings is 1. The van der Waals surface area contributed by atoms with Gasteiger partial charge in [0, 0.05) is 18.2 Å². The molecule has 1 aliphatic heterocycles. The van der Waals surface area contributed by atoms with Gasteiger partial charge in [-0.1, -0.05) is 30.3 Å². The van der Waals surface area contributed by atoms with E-state index < -0.39 is 0 Å². The summed E-state index contributed by atoms with van der Waals surface area (Å²) >= 11 is 0. The van der Waals surface area contributed by atoms with Crippen LogP contribution in [0.15, 0.2) is 59.0 Å². The third-order valence-corrected chi connectivity index (χ3v) is 5.37. The van der Waals surface area contributed by atoms with Crippen LogP contribution in [0, 0.1) is 6.92 Å². The lowest BCUT2D eigenvalue weighted by molar-refractivity contribution is 0.240. The largest absolute Gasteiger partial charge is 0.497 e. The molecule has 1 saturated heterocycles. The molecule has 1 atom stereocenters. The van der Waals surface area contributed by atoms with Crippen molar-refractivity contribution in [2.75, 3.05) is 13.7 Å². The highest BCUT2D eigenvalue weighted by molar-refractivity contribution is 5.53. The van der Waals surface area contributed by atoms with E-state index in [0.29, 0.717) is 11.9 Å². The third kappa shape index (κ3) is 4.06. The van der Waals surface area contributed by atoms with Crippen LogP contribution in [0.4, 0.5) is 0 Å². The second-order valence-corrected chi connectivity index (χ2v) is 7.21. The molecule has 3 aromatic rings. The zero-order chi connectivity index (χ0) is 18.6. The van der Waals surface area contributed by atoms with Crippen molar-refractivity contribution in [1.82, 2.24) is 9.88 Å². The highest BCUT2D eigenvalue weighted by Gasteiger charge is 2.26. The number of methoxy groups -OCH3 is 1. The standard InChI is InChI=1S/C23H26N2O2/c1-17-22(24-23(27-17)19-9-4-3-5-10-19)16-25-13-7-11-20(25)14-18-8-6-12-21(15-18)26-2/h3-6,8-10,12,15,20H,7,11,13-14,16H2,1-2H3/t20-/m1/s1. The lowest BCUT2D eigenvalue weighted by atomic mass is 10.0. The normalized spacial score (nSPS) is 17.3. The number of hydrogen-bond donors (Lipinski definition) is 0. The van der Waals surface area contributed by atoms with Crippen LogP contribution in [0.25, 0.3) is 11.5 Å². The fourth-order valence-electron chi connectivity index (χ4n) is 3.88. The summed E-state index contributed by atoms with van der Waals surface area (Å²) < 4.78 is 11.3. The summed E-state index contributed by atoms with van der Waals surface area (Å²) in [6.45, 7) is 3.97. The fraction of sp³-hybridized carbons (Fsp3) is 0.348. The number of rotatable bonds is 6. The Morgan fingerprint density at radius 1 is 1.15 bits per heavy atom. The Balaban J connectivity index is 1.48. The number of benzene rings is 2. The first kappa shape index (κ1) is 17.8. The van der Waals surface area contributed by atoms with E-state index in [1.165, 1.54) is 18.4 Å². The van der Waals surface area contributed by atoms with Crippen LogP contribution < -0.4 is 4.74 Å². The monoisotopic (exact) mass is 362 g/mol. The minimum absolute atomic E-state index is 0.536. The van der Waals surface area contributed by atoms with E-state index in [1.54, 1.807) is 7.11 Å². The average molecular weight is 362 g/mol. The summed E-state index contributed by atoms with van der Waals surface area (Å²) in [4.78, 5) is 7.32. The number of nitrogens with zero attached hydrogens (tertiary/aromatic N) is 2. The van der Waals surface area contributed by atoms with Gasteiger partial charge < -0.3 is 9.15 Å². The molecule has 0 radical (unpaired) electrons. The molecule has 2 aromatic carbocycles. The maximum Gasteiger partial charge on any atom is 0.226 e. The first-order chi connectivity index (χ1) is 13.2. The maximum atomic E-state index is 5.94. The summed E-state index contributed by atoms with van der Waals surface area (Å²) in [5, 5.41) is 0. The molecular weight excluding hydrogens is 336 g/mol. The van der Waals surface area contributed by atoms with Crippen LogP contribution in [-0.2, 0) is 13.0 Å². The van der Waals surface area contributed by atoms with E-state index in [4.69, 9.17) is 14.1 Å². The molecule has 1 aliphatic rings. The van der Waals surface area contributed by atoms with Gasteiger partial charge in [-0.15, -0.1) is 0 Å². The molecule has 140 valence electrons. The molecule has 0 unspecified atom stereocenters. The van der Waals surface area contributed by atoms with Gasteiger partial charge in [-0.2, -0.15) is 0 Å². The summed E-state index contributed by atoms with van der Waals surface area (Å²) in [7, 11) is 1.72. The van der Waals surface area contributed by atoms with Crippen LogP contribution in [0.5, 0.6) is 5.75 Å². The molecular formula is C23H26N2O2. The zero-order valence-corrected chi connectivity index (χ0v) is 16.0. The Hall–Kier alpha value is -2.59. The van der Waals surface area contributed by atoms with Gasteiger partial charge in [0.25, 0.3) is 0 Å². The van der Waals surface area contributed by atoms with Crippen molar-refractivity contribution in [3.8, 4) is 17.2 Å².